The Kier molecular flexibility index (Phi) is 4.33. The van der Waals surface area contributed by atoms with Gasteiger partial charge in [-0.15, -0.1) is 0 Å². The fraction of sp³-hybridized carbons (Fsp3) is 0.286. The molecule has 0 aliphatic carbocycles. The number of nitrogens with one attached hydrogen (secondary N) is 1. The molecule has 2 nitrogen and oxygen atoms in total. The molecule has 0 bridgehead atoms. The molecule has 0 fully saturated rings. The maximum atomic E-state index is 6.20. The summed E-state index contributed by atoms with van der Waals surface area (Å²) < 4.78 is 5.36. The normalized spacial score (nSPS) is 14.4. The minimum Gasteiger partial charge on any atom is -0.468 e. The lowest BCUT2D eigenvalue weighted by atomic mass is 10.1. The summed E-state index contributed by atoms with van der Waals surface area (Å²) >= 11 is 12.2. The van der Waals surface area contributed by atoms with Crippen LogP contribution < -0.4 is 5.32 Å². The molecule has 96 valence electrons. The van der Waals surface area contributed by atoms with Gasteiger partial charge in [0.15, 0.2) is 0 Å². The summed E-state index contributed by atoms with van der Waals surface area (Å²) in [5.74, 6) is 0.903. The van der Waals surface area contributed by atoms with Crippen molar-refractivity contribution in [3.05, 3.63) is 58.0 Å². The Morgan fingerprint density at radius 2 is 1.83 bits per heavy atom. The maximum absolute atomic E-state index is 6.20. The summed E-state index contributed by atoms with van der Waals surface area (Å²) in [5.41, 5.74) is 0.988. The number of furan rings is 1. The molecule has 0 spiro atoms. The van der Waals surface area contributed by atoms with Gasteiger partial charge in [-0.3, -0.25) is 0 Å². The molecule has 1 N–H and O–H groups in total. The van der Waals surface area contributed by atoms with E-state index < -0.39 is 0 Å². The molecule has 0 amide bonds. The number of hydrogen-bond donors (Lipinski definition) is 1. The molecule has 0 aliphatic rings. The van der Waals surface area contributed by atoms with Crippen LogP contribution in [0.15, 0.2) is 41.0 Å². The van der Waals surface area contributed by atoms with E-state index in [1.54, 1.807) is 12.3 Å². The van der Waals surface area contributed by atoms with Crippen LogP contribution in [-0.2, 0) is 0 Å². The van der Waals surface area contributed by atoms with Crippen molar-refractivity contribution in [2.45, 2.75) is 25.9 Å². The highest BCUT2D eigenvalue weighted by atomic mass is 35.5. The molecule has 2 rings (SSSR count). The van der Waals surface area contributed by atoms with Crippen LogP contribution in [-0.4, -0.2) is 0 Å². The third-order valence-electron chi connectivity index (χ3n) is 2.92. The highest BCUT2D eigenvalue weighted by molar-refractivity contribution is 6.42. The van der Waals surface area contributed by atoms with Crippen molar-refractivity contribution in [2.75, 3.05) is 0 Å². The average Bonchev–Trinajstić information content (AvgIpc) is 2.86. The highest BCUT2D eigenvalue weighted by Crippen LogP contribution is 2.30. The van der Waals surface area contributed by atoms with Gasteiger partial charge in [-0.05, 0) is 37.6 Å². The van der Waals surface area contributed by atoms with Crippen LogP contribution >= 0.6 is 23.2 Å². The quantitative estimate of drug-likeness (QED) is 0.854. The molecule has 1 heterocycles. The van der Waals surface area contributed by atoms with Gasteiger partial charge in [-0.2, -0.15) is 0 Å². The van der Waals surface area contributed by atoms with Crippen LogP contribution in [0.2, 0.25) is 10.0 Å². The second-order valence-corrected chi connectivity index (χ2v) is 5.05. The molecular formula is C14H15Cl2NO. The lowest BCUT2D eigenvalue weighted by molar-refractivity contribution is 0.403. The van der Waals surface area contributed by atoms with Crippen molar-refractivity contribution in [3.63, 3.8) is 0 Å². The molecule has 0 saturated carbocycles. The summed E-state index contributed by atoms with van der Waals surface area (Å²) in [6.45, 7) is 4.10. The molecule has 0 radical (unpaired) electrons. The van der Waals surface area contributed by atoms with Crippen molar-refractivity contribution >= 4 is 23.2 Å². The van der Waals surface area contributed by atoms with E-state index in [4.69, 9.17) is 27.6 Å². The maximum Gasteiger partial charge on any atom is 0.120 e. The first-order valence-corrected chi connectivity index (χ1v) is 6.58. The van der Waals surface area contributed by atoms with E-state index in [2.05, 4.69) is 12.2 Å². The Morgan fingerprint density at radius 1 is 1.06 bits per heavy atom. The van der Waals surface area contributed by atoms with Crippen molar-refractivity contribution < 1.29 is 4.42 Å². The van der Waals surface area contributed by atoms with Gasteiger partial charge in [-0.25, -0.2) is 0 Å². The van der Waals surface area contributed by atoms with Crippen molar-refractivity contribution in [3.8, 4) is 0 Å². The monoisotopic (exact) mass is 283 g/mol. The molecule has 2 atom stereocenters. The van der Waals surface area contributed by atoms with E-state index in [9.17, 15) is 0 Å². The Labute approximate surface area is 117 Å². The highest BCUT2D eigenvalue weighted by Gasteiger charge is 2.16. The van der Waals surface area contributed by atoms with Crippen LogP contribution in [0.3, 0.4) is 0 Å². The predicted octanol–water partition coefficient (Wildman–Crippen LogP) is 5.00. The summed E-state index contributed by atoms with van der Waals surface area (Å²) in [4.78, 5) is 0. The van der Waals surface area contributed by atoms with Gasteiger partial charge < -0.3 is 9.73 Å². The summed E-state index contributed by atoms with van der Waals surface area (Å²) in [7, 11) is 0. The summed E-state index contributed by atoms with van der Waals surface area (Å²) in [5, 5.41) is 4.61. The molecule has 0 saturated heterocycles. The van der Waals surface area contributed by atoms with Crippen molar-refractivity contribution in [1.29, 1.82) is 0 Å². The van der Waals surface area contributed by atoms with Gasteiger partial charge in [0.1, 0.15) is 5.76 Å². The first-order chi connectivity index (χ1) is 8.59. The summed E-state index contributed by atoms with van der Waals surface area (Å²) in [6, 6.07) is 9.70. The van der Waals surface area contributed by atoms with Crippen LogP contribution in [0.25, 0.3) is 0 Å². The van der Waals surface area contributed by atoms with Gasteiger partial charge in [-0.1, -0.05) is 35.3 Å². The van der Waals surface area contributed by atoms with E-state index in [1.807, 2.05) is 31.2 Å². The molecule has 0 aliphatic heterocycles. The molecule has 4 heteroatoms. The number of benzene rings is 1. The minimum atomic E-state index is 0.0938. The Morgan fingerprint density at radius 3 is 2.50 bits per heavy atom. The smallest absolute Gasteiger partial charge is 0.120 e. The third kappa shape index (κ3) is 2.89. The second-order valence-electron chi connectivity index (χ2n) is 4.27. The van der Waals surface area contributed by atoms with Crippen molar-refractivity contribution in [2.24, 2.45) is 0 Å². The first kappa shape index (κ1) is 13.5. The molecular weight excluding hydrogens is 269 g/mol. The average molecular weight is 284 g/mol. The zero-order chi connectivity index (χ0) is 13.1. The summed E-state index contributed by atoms with van der Waals surface area (Å²) in [6.07, 6.45) is 1.67. The van der Waals surface area contributed by atoms with E-state index in [-0.39, 0.29) is 12.1 Å². The minimum absolute atomic E-state index is 0.0938. The zero-order valence-electron chi connectivity index (χ0n) is 10.3. The number of hydrogen-bond acceptors (Lipinski definition) is 2. The SMILES string of the molecule is CC(N[C@@H](C)c1ccco1)c1cccc(Cl)c1Cl. The lowest BCUT2D eigenvalue weighted by Crippen LogP contribution is -2.22. The number of rotatable bonds is 4. The van der Waals surface area contributed by atoms with Crippen LogP contribution in [0.5, 0.6) is 0 Å². The van der Waals surface area contributed by atoms with Gasteiger partial charge in [0.25, 0.3) is 0 Å². The van der Waals surface area contributed by atoms with Crippen LogP contribution in [0.1, 0.15) is 37.3 Å². The first-order valence-electron chi connectivity index (χ1n) is 5.83. The van der Waals surface area contributed by atoms with Gasteiger partial charge >= 0.3 is 0 Å². The topological polar surface area (TPSA) is 25.2 Å². The molecule has 1 aromatic carbocycles. The van der Waals surface area contributed by atoms with Gasteiger partial charge in [0.2, 0.25) is 0 Å². The predicted molar refractivity (Wildman–Crippen MR) is 75.1 cm³/mol. The second kappa shape index (κ2) is 5.79. The molecule has 2 aromatic rings. The molecule has 1 aromatic heterocycles. The van der Waals surface area contributed by atoms with Crippen LogP contribution in [0, 0.1) is 0 Å². The molecule has 1 unspecified atom stereocenters. The lowest BCUT2D eigenvalue weighted by Gasteiger charge is -2.20. The third-order valence-corrected chi connectivity index (χ3v) is 3.75. The van der Waals surface area contributed by atoms with E-state index >= 15 is 0 Å². The van der Waals surface area contributed by atoms with E-state index in [0.29, 0.717) is 10.0 Å². The fourth-order valence-corrected chi connectivity index (χ4v) is 2.41. The largest absolute Gasteiger partial charge is 0.468 e. The Balaban J connectivity index is 2.12. The van der Waals surface area contributed by atoms with E-state index in [0.717, 1.165) is 11.3 Å². The zero-order valence-corrected chi connectivity index (χ0v) is 11.8. The Hall–Kier alpha value is -0.960. The van der Waals surface area contributed by atoms with Crippen molar-refractivity contribution in [1.82, 2.24) is 5.32 Å². The fourth-order valence-electron chi connectivity index (χ4n) is 1.94. The standard InChI is InChI=1S/C14H15Cl2NO/c1-9(11-5-3-6-12(15)14(11)16)17-10(2)13-7-4-8-18-13/h3-10,17H,1-2H3/t9?,10-/m0/s1. The van der Waals surface area contributed by atoms with Crippen LogP contribution in [0.4, 0.5) is 0 Å². The number of halogens is 2. The van der Waals surface area contributed by atoms with Gasteiger partial charge in [0.05, 0.1) is 22.4 Å². The Bertz CT molecular complexity index is 511. The van der Waals surface area contributed by atoms with Gasteiger partial charge in [0, 0.05) is 6.04 Å². The van der Waals surface area contributed by atoms with E-state index in [1.165, 1.54) is 0 Å². The molecule has 18 heavy (non-hydrogen) atoms.